The van der Waals surface area contributed by atoms with Crippen molar-refractivity contribution in [3.8, 4) is 0 Å². The fourth-order valence-corrected chi connectivity index (χ4v) is 0. The van der Waals surface area contributed by atoms with Crippen molar-refractivity contribution < 1.29 is 125 Å². The fourth-order valence-electron chi connectivity index (χ4n) is 0. The van der Waals surface area contributed by atoms with Crippen LogP contribution in [0.2, 0.25) is 0 Å². The summed E-state index contributed by atoms with van der Waals surface area (Å²) in [4.78, 5) is 0. The molecule has 0 aromatic heterocycles. The maximum Gasteiger partial charge on any atom is 3.00 e. The van der Waals surface area contributed by atoms with Gasteiger partial charge in [-0.3, -0.25) is 0 Å². The summed E-state index contributed by atoms with van der Waals surface area (Å²) in [6, 6.07) is 0. The topological polar surface area (TPSA) is 203 Å². The molecule has 159 valence electrons. The van der Waals surface area contributed by atoms with E-state index >= 15 is 0 Å². The third kappa shape index (κ3) is 17.8. The van der Waals surface area contributed by atoms with E-state index in [1.807, 2.05) is 0 Å². The molecule has 26 heavy (non-hydrogen) atoms. The van der Waals surface area contributed by atoms with E-state index in [0.29, 0.717) is 0 Å². The Hall–Kier alpha value is 0.411. The molecule has 0 rings (SSSR count). The molecule has 0 aliphatic rings. The summed E-state index contributed by atoms with van der Waals surface area (Å²) in [5.41, 5.74) is -16.9. The van der Waals surface area contributed by atoms with Gasteiger partial charge in [-0.25, -0.2) is 25.3 Å². The molecule has 10 nitrogen and oxygen atoms in total. The predicted molar refractivity (Wildman–Crippen MR) is 50.9 cm³/mol. The minimum absolute atomic E-state index is 0. The molecule has 0 aliphatic heterocycles. The summed E-state index contributed by atoms with van der Waals surface area (Å²) < 4.78 is 177. The first-order valence-corrected chi connectivity index (χ1v) is 8.04. The standard InChI is InChI=1S/3CHF3O3S.Nd.H2O/c3*2-1(3,4)8(5,6)7;;/h3*(H,5,6,7);;1H2/q;;;+3;/p-3. The van der Waals surface area contributed by atoms with Crippen LogP contribution in [-0.2, 0) is 30.4 Å². The molecule has 0 spiro atoms. The number of hydrogen-bond acceptors (Lipinski definition) is 9. The van der Waals surface area contributed by atoms with Gasteiger partial charge in [-0.1, -0.05) is 0 Å². The van der Waals surface area contributed by atoms with E-state index in [9.17, 15) is 39.5 Å². The molecule has 0 fully saturated rings. The van der Waals surface area contributed by atoms with Crippen molar-refractivity contribution in [2.75, 3.05) is 0 Å². The quantitative estimate of drug-likeness (QED) is 0.194. The number of hydrogen-bond donors (Lipinski definition) is 0. The second kappa shape index (κ2) is 11.4. The van der Waals surface area contributed by atoms with Crippen LogP contribution in [0.5, 0.6) is 0 Å². The Morgan fingerprint density at radius 1 is 0.462 bits per heavy atom. The Labute approximate surface area is 170 Å². The van der Waals surface area contributed by atoms with Crippen molar-refractivity contribution in [3.63, 3.8) is 0 Å². The average molecular weight is 609 g/mol. The molecule has 0 amide bonds. The van der Waals surface area contributed by atoms with Crippen LogP contribution in [0.4, 0.5) is 39.5 Å². The average Bonchev–Trinajstić information content (AvgIpc) is 2.08. The van der Waals surface area contributed by atoms with Crippen molar-refractivity contribution in [3.05, 3.63) is 0 Å². The third-order valence-corrected chi connectivity index (χ3v) is 2.55. The Balaban J connectivity index is -0.0000000817. The van der Waals surface area contributed by atoms with E-state index in [4.69, 9.17) is 38.9 Å². The van der Waals surface area contributed by atoms with Gasteiger partial charge in [-0.15, -0.1) is 0 Å². The zero-order valence-corrected chi connectivity index (χ0v) is 16.5. The van der Waals surface area contributed by atoms with Crippen LogP contribution in [0.3, 0.4) is 0 Å². The second-order valence-electron chi connectivity index (χ2n) is 2.70. The molecule has 23 heteroatoms. The molecule has 0 heterocycles. The van der Waals surface area contributed by atoms with Gasteiger partial charge < -0.3 is 19.1 Å². The molecule has 0 saturated heterocycles. The Bertz CT molecular complexity index is 598. The third-order valence-electron chi connectivity index (χ3n) is 0.850. The maximum atomic E-state index is 10.7. The van der Waals surface area contributed by atoms with Gasteiger partial charge in [0.25, 0.3) is 0 Å². The predicted octanol–water partition coefficient (Wildman–Crippen LogP) is -0.670. The Kier molecular flexibility index (Phi) is 16.3. The van der Waals surface area contributed by atoms with Crippen LogP contribution in [0.1, 0.15) is 0 Å². The van der Waals surface area contributed by atoms with Gasteiger partial charge in [-0.05, 0) is 0 Å². The van der Waals surface area contributed by atoms with Gasteiger partial charge in [0.15, 0.2) is 30.4 Å². The molecule has 1 radical (unpaired) electrons. The van der Waals surface area contributed by atoms with Gasteiger partial charge in [-0.2, -0.15) is 39.5 Å². The first kappa shape index (κ1) is 37.2. The van der Waals surface area contributed by atoms with Crippen molar-refractivity contribution in [2.45, 2.75) is 16.5 Å². The van der Waals surface area contributed by atoms with Gasteiger partial charge in [0.05, 0.1) is 0 Å². The summed E-state index contributed by atoms with van der Waals surface area (Å²) in [7, 11) is -18.3. The van der Waals surface area contributed by atoms with Crippen LogP contribution in [0, 0.1) is 40.8 Å². The first-order valence-electron chi connectivity index (χ1n) is 3.81. The first-order chi connectivity index (χ1) is 9.75. The smallest absolute Gasteiger partial charge is 0.741 e. The molecule has 2 N–H and O–H groups in total. The van der Waals surface area contributed by atoms with Crippen molar-refractivity contribution >= 4 is 30.4 Å². The van der Waals surface area contributed by atoms with Crippen molar-refractivity contribution in [1.29, 1.82) is 0 Å². The molecule has 0 aliphatic carbocycles. The Morgan fingerprint density at radius 3 is 0.500 bits per heavy atom. The molecule has 0 atom stereocenters. The Morgan fingerprint density at radius 2 is 0.500 bits per heavy atom. The molecular formula is C3H2F9NdO10S3. The summed E-state index contributed by atoms with van der Waals surface area (Å²) >= 11 is 0. The summed E-state index contributed by atoms with van der Waals surface area (Å²) in [5, 5.41) is 0. The zero-order valence-electron chi connectivity index (χ0n) is 10.8. The van der Waals surface area contributed by atoms with E-state index in [-0.39, 0.29) is 46.3 Å². The van der Waals surface area contributed by atoms with Gasteiger partial charge in [0.2, 0.25) is 0 Å². The van der Waals surface area contributed by atoms with Crippen LogP contribution >= 0.6 is 0 Å². The van der Waals surface area contributed by atoms with Crippen LogP contribution in [0.25, 0.3) is 0 Å². The van der Waals surface area contributed by atoms with E-state index in [0.717, 1.165) is 0 Å². The summed E-state index contributed by atoms with van der Waals surface area (Å²) in [6.45, 7) is 0. The van der Waals surface area contributed by atoms with Crippen LogP contribution < -0.4 is 0 Å². The largest absolute Gasteiger partial charge is 3.00 e. The minimum Gasteiger partial charge on any atom is -0.741 e. The van der Waals surface area contributed by atoms with E-state index in [2.05, 4.69) is 0 Å². The maximum absolute atomic E-state index is 10.7. The van der Waals surface area contributed by atoms with E-state index in [1.54, 1.807) is 0 Å². The zero-order chi connectivity index (χ0) is 21.0. The summed E-state index contributed by atoms with van der Waals surface area (Å²) in [6.07, 6.45) is 0. The second-order valence-corrected chi connectivity index (χ2v) is 6.81. The SMILES string of the molecule is O.O=S(=O)([O-])C(F)(F)F.O=S(=O)([O-])C(F)(F)F.O=S(=O)([O-])C(F)(F)F.[Nd+3]. The number of halogens is 9. The number of rotatable bonds is 0. The molecule has 0 aromatic rings. The minimum atomic E-state index is -6.09. The molecular weight excluding hydrogens is 607 g/mol. The van der Waals surface area contributed by atoms with E-state index in [1.165, 1.54) is 0 Å². The molecule has 0 unspecified atom stereocenters. The fraction of sp³-hybridized carbons (Fsp3) is 1.00. The van der Waals surface area contributed by atoms with Crippen LogP contribution in [0.15, 0.2) is 0 Å². The van der Waals surface area contributed by atoms with Gasteiger partial charge in [0, 0.05) is 0 Å². The van der Waals surface area contributed by atoms with Gasteiger partial charge >= 0.3 is 57.4 Å². The van der Waals surface area contributed by atoms with Gasteiger partial charge in [0.1, 0.15) is 0 Å². The summed E-state index contributed by atoms with van der Waals surface area (Å²) in [5.74, 6) is 0. The molecule has 0 saturated carbocycles. The molecule has 0 bridgehead atoms. The number of alkyl halides is 9. The van der Waals surface area contributed by atoms with Crippen molar-refractivity contribution in [1.82, 2.24) is 0 Å². The van der Waals surface area contributed by atoms with Crippen molar-refractivity contribution in [2.24, 2.45) is 0 Å². The molecule has 0 aromatic carbocycles. The normalized spacial score (nSPS) is 12.9. The monoisotopic (exact) mass is 607 g/mol. The van der Waals surface area contributed by atoms with E-state index < -0.39 is 46.9 Å². The van der Waals surface area contributed by atoms with Crippen LogP contribution in [-0.4, -0.2) is 60.9 Å².